The number of hydrogen-bond acceptors (Lipinski definition) is 4. The average Bonchev–Trinajstić information content (AvgIpc) is 3.16. The minimum absolute atomic E-state index is 0.0241. The van der Waals surface area contributed by atoms with Crippen LogP contribution in [0.4, 0.5) is 0 Å². The first-order valence-electron chi connectivity index (χ1n) is 9.19. The molecule has 1 fully saturated rings. The number of pyridine rings is 1. The monoisotopic (exact) mass is 407 g/mol. The number of nitrogens with zero attached hydrogens (tertiary/aromatic N) is 3. The number of halogens is 1. The molecule has 0 spiro atoms. The first-order valence-corrected chi connectivity index (χ1v) is 10.3. The number of hydrogen-bond donors (Lipinski definition) is 0. The Morgan fingerprint density at radius 3 is 2.84 bits per heavy atom. The third kappa shape index (κ3) is 5.28. The molecule has 0 aromatic carbocycles. The second-order valence-corrected chi connectivity index (χ2v) is 7.11. The van der Waals surface area contributed by atoms with Crippen molar-refractivity contribution in [3.63, 3.8) is 0 Å². The Labute approximate surface area is 157 Å². The van der Waals surface area contributed by atoms with E-state index in [1.54, 1.807) is 6.20 Å². The summed E-state index contributed by atoms with van der Waals surface area (Å²) in [5.41, 5.74) is 1.89. The van der Waals surface area contributed by atoms with Crippen LogP contribution in [-0.4, -0.2) is 33.3 Å². The molecule has 1 atom stereocenters. The Morgan fingerprint density at radius 2 is 2.08 bits per heavy atom. The highest BCUT2D eigenvalue weighted by Crippen LogP contribution is 2.27. The molecule has 136 valence electrons. The zero-order chi connectivity index (χ0) is 17.3. The molecule has 0 saturated carbocycles. The molecular formula is C19H26BrN3O2. The van der Waals surface area contributed by atoms with Crippen molar-refractivity contribution in [3.05, 3.63) is 30.6 Å². The van der Waals surface area contributed by atoms with E-state index in [0.717, 1.165) is 54.9 Å². The van der Waals surface area contributed by atoms with Gasteiger partial charge in [0.15, 0.2) is 6.23 Å². The van der Waals surface area contributed by atoms with Gasteiger partial charge in [0, 0.05) is 18.1 Å². The summed E-state index contributed by atoms with van der Waals surface area (Å²) in [5.74, 6) is 0.823. The van der Waals surface area contributed by atoms with Crippen LogP contribution < -0.4 is 4.74 Å². The summed E-state index contributed by atoms with van der Waals surface area (Å²) in [6.07, 6.45) is 11.7. The number of alkyl halides is 1. The predicted octanol–water partition coefficient (Wildman–Crippen LogP) is 4.98. The Balaban J connectivity index is 1.55. The minimum atomic E-state index is 0.0241. The molecule has 2 aromatic heterocycles. The summed E-state index contributed by atoms with van der Waals surface area (Å²) in [6.45, 7) is 1.55. The minimum Gasteiger partial charge on any atom is -0.492 e. The maximum atomic E-state index is 5.85. The van der Waals surface area contributed by atoms with Crippen molar-refractivity contribution in [2.24, 2.45) is 0 Å². The summed E-state index contributed by atoms with van der Waals surface area (Å²) >= 11 is 3.46. The van der Waals surface area contributed by atoms with Crippen LogP contribution in [0, 0.1) is 0 Å². The lowest BCUT2D eigenvalue weighted by molar-refractivity contribution is -0.0384. The van der Waals surface area contributed by atoms with Crippen molar-refractivity contribution in [3.8, 4) is 17.1 Å². The number of ether oxygens (including phenoxy) is 2. The van der Waals surface area contributed by atoms with Crippen LogP contribution in [0.2, 0.25) is 0 Å². The van der Waals surface area contributed by atoms with Crippen molar-refractivity contribution < 1.29 is 9.47 Å². The second kappa shape index (κ2) is 9.92. The molecule has 1 aliphatic heterocycles. The van der Waals surface area contributed by atoms with Crippen LogP contribution in [0.3, 0.4) is 0 Å². The fourth-order valence-corrected chi connectivity index (χ4v) is 3.42. The zero-order valence-corrected chi connectivity index (χ0v) is 16.2. The van der Waals surface area contributed by atoms with Gasteiger partial charge in [-0.2, -0.15) is 5.10 Å². The molecule has 1 unspecified atom stereocenters. The first-order chi connectivity index (χ1) is 12.4. The lowest BCUT2D eigenvalue weighted by Gasteiger charge is -2.24. The van der Waals surface area contributed by atoms with Crippen molar-refractivity contribution in [2.45, 2.75) is 51.2 Å². The van der Waals surface area contributed by atoms with E-state index in [4.69, 9.17) is 9.47 Å². The fraction of sp³-hybridized carbons (Fsp3) is 0.579. The standard InChI is InChI=1S/C19H26BrN3O2/c20-11-4-1-2-5-13-24-16-8-9-17(21-15-16)18-10-12-22-23(18)19-7-3-6-14-25-19/h8-10,12,15,19H,1-7,11,13-14H2. The Morgan fingerprint density at radius 1 is 1.16 bits per heavy atom. The maximum absolute atomic E-state index is 5.85. The third-order valence-electron chi connectivity index (χ3n) is 4.39. The average molecular weight is 408 g/mol. The molecular weight excluding hydrogens is 382 g/mol. The summed E-state index contributed by atoms with van der Waals surface area (Å²) in [6, 6.07) is 5.97. The van der Waals surface area contributed by atoms with E-state index in [-0.39, 0.29) is 6.23 Å². The van der Waals surface area contributed by atoms with Gasteiger partial charge in [0.2, 0.25) is 0 Å². The first kappa shape index (κ1) is 18.4. The van der Waals surface area contributed by atoms with E-state index in [9.17, 15) is 0 Å². The summed E-state index contributed by atoms with van der Waals surface area (Å²) in [7, 11) is 0. The largest absolute Gasteiger partial charge is 0.492 e. The molecule has 0 amide bonds. The molecule has 6 heteroatoms. The molecule has 0 N–H and O–H groups in total. The van der Waals surface area contributed by atoms with Gasteiger partial charge in [-0.15, -0.1) is 0 Å². The lowest BCUT2D eigenvalue weighted by atomic mass is 10.2. The molecule has 3 heterocycles. The van der Waals surface area contributed by atoms with E-state index in [1.807, 2.05) is 29.1 Å². The SMILES string of the molecule is BrCCCCCCOc1ccc(-c2ccnn2C2CCCCO2)nc1. The van der Waals surface area contributed by atoms with Gasteiger partial charge in [0.25, 0.3) is 0 Å². The topological polar surface area (TPSA) is 49.2 Å². The van der Waals surface area contributed by atoms with Gasteiger partial charge >= 0.3 is 0 Å². The summed E-state index contributed by atoms with van der Waals surface area (Å²) in [4.78, 5) is 4.56. The molecule has 2 aromatic rings. The quantitative estimate of drug-likeness (QED) is 0.434. The molecule has 0 bridgehead atoms. The summed E-state index contributed by atoms with van der Waals surface area (Å²) in [5, 5.41) is 5.53. The molecule has 3 rings (SSSR count). The Bertz CT molecular complexity index is 624. The second-order valence-electron chi connectivity index (χ2n) is 6.31. The van der Waals surface area contributed by atoms with Crippen molar-refractivity contribution in [1.29, 1.82) is 0 Å². The number of rotatable bonds is 9. The molecule has 1 saturated heterocycles. The van der Waals surface area contributed by atoms with Crippen LogP contribution in [-0.2, 0) is 4.74 Å². The molecule has 25 heavy (non-hydrogen) atoms. The van der Waals surface area contributed by atoms with Crippen LogP contribution in [0.25, 0.3) is 11.4 Å². The van der Waals surface area contributed by atoms with Crippen LogP contribution in [0.5, 0.6) is 5.75 Å². The van der Waals surface area contributed by atoms with E-state index >= 15 is 0 Å². The van der Waals surface area contributed by atoms with Crippen molar-refractivity contribution in [1.82, 2.24) is 14.8 Å². The van der Waals surface area contributed by atoms with E-state index < -0.39 is 0 Å². The van der Waals surface area contributed by atoms with E-state index in [0.29, 0.717) is 0 Å². The van der Waals surface area contributed by atoms with Gasteiger partial charge in [-0.1, -0.05) is 28.8 Å². The predicted molar refractivity (Wildman–Crippen MR) is 102 cm³/mol. The molecule has 0 aliphatic carbocycles. The number of aromatic nitrogens is 3. The van der Waals surface area contributed by atoms with Gasteiger partial charge in [0.1, 0.15) is 5.75 Å². The third-order valence-corrected chi connectivity index (χ3v) is 4.95. The van der Waals surface area contributed by atoms with Crippen LogP contribution in [0.15, 0.2) is 30.6 Å². The van der Waals surface area contributed by atoms with Crippen LogP contribution >= 0.6 is 15.9 Å². The van der Waals surface area contributed by atoms with Crippen molar-refractivity contribution in [2.75, 3.05) is 18.5 Å². The van der Waals surface area contributed by atoms with Gasteiger partial charge in [-0.3, -0.25) is 4.98 Å². The zero-order valence-electron chi connectivity index (χ0n) is 14.6. The van der Waals surface area contributed by atoms with Crippen LogP contribution in [0.1, 0.15) is 51.2 Å². The normalized spacial score (nSPS) is 17.6. The summed E-state index contributed by atoms with van der Waals surface area (Å²) < 4.78 is 13.6. The van der Waals surface area contributed by atoms with Gasteiger partial charge in [-0.25, -0.2) is 4.68 Å². The number of unbranched alkanes of at least 4 members (excludes halogenated alkanes) is 3. The van der Waals surface area contributed by atoms with Crippen molar-refractivity contribution >= 4 is 15.9 Å². The van der Waals surface area contributed by atoms with E-state index in [2.05, 4.69) is 26.0 Å². The molecule has 5 nitrogen and oxygen atoms in total. The Kier molecular flexibility index (Phi) is 7.30. The highest BCUT2D eigenvalue weighted by Gasteiger charge is 2.19. The maximum Gasteiger partial charge on any atom is 0.150 e. The van der Waals surface area contributed by atoms with Gasteiger partial charge < -0.3 is 9.47 Å². The molecule has 1 aliphatic rings. The Hall–Kier alpha value is -1.40. The lowest BCUT2D eigenvalue weighted by Crippen LogP contribution is -2.20. The van der Waals surface area contributed by atoms with Gasteiger partial charge in [0.05, 0.1) is 24.2 Å². The van der Waals surface area contributed by atoms with E-state index in [1.165, 1.54) is 25.7 Å². The fourth-order valence-electron chi connectivity index (χ4n) is 3.02. The highest BCUT2D eigenvalue weighted by molar-refractivity contribution is 9.09. The smallest absolute Gasteiger partial charge is 0.150 e. The highest BCUT2D eigenvalue weighted by atomic mass is 79.9. The molecule has 0 radical (unpaired) electrons. The van der Waals surface area contributed by atoms with Gasteiger partial charge in [-0.05, 0) is 50.3 Å².